The van der Waals surface area contributed by atoms with Crippen molar-refractivity contribution in [1.82, 2.24) is 24.3 Å². The van der Waals surface area contributed by atoms with Crippen LogP contribution in [0.1, 0.15) is 39.5 Å². The number of aryl methyl sites for hydroxylation is 1. The fourth-order valence-corrected chi connectivity index (χ4v) is 5.18. The van der Waals surface area contributed by atoms with Crippen molar-refractivity contribution < 1.29 is 4.79 Å². The van der Waals surface area contributed by atoms with E-state index < -0.39 is 0 Å². The molecule has 1 amide bonds. The summed E-state index contributed by atoms with van der Waals surface area (Å²) in [7, 11) is 4.14. The minimum absolute atomic E-state index is 0.0301. The summed E-state index contributed by atoms with van der Waals surface area (Å²) in [6.07, 6.45) is 6.37. The maximum Gasteiger partial charge on any atom is 0.268 e. The number of hydrogen-bond acceptors (Lipinski definition) is 3. The van der Waals surface area contributed by atoms with Crippen molar-refractivity contribution in [2.45, 2.75) is 25.4 Å². The SMILES string of the molecule is CN(C)CCn1c(C(=O)NCCCn2ccnc2)c(C(c2ccccc2)c2ccccc2)c2ccccc21. The molecule has 3 aromatic carbocycles. The van der Waals surface area contributed by atoms with E-state index in [-0.39, 0.29) is 11.8 Å². The predicted octanol–water partition coefficient (Wildman–Crippen LogP) is 5.40. The Labute approximate surface area is 224 Å². The molecule has 2 aromatic heterocycles. The minimum Gasteiger partial charge on any atom is -0.351 e. The molecule has 0 aliphatic heterocycles. The number of amides is 1. The van der Waals surface area contributed by atoms with E-state index in [1.54, 1.807) is 6.20 Å². The second-order valence-corrected chi connectivity index (χ2v) is 9.90. The first-order valence-corrected chi connectivity index (χ1v) is 13.2. The number of aromatic nitrogens is 3. The largest absolute Gasteiger partial charge is 0.351 e. The smallest absolute Gasteiger partial charge is 0.268 e. The van der Waals surface area contributed by atoms with Gasteiger partial charge in [-0.2, -0.15) is 0 Å². The summed E-state index contributed by atoms with van der Waals surface area (Å²) in [5, 5.41) is 4.36. The summed E-state index contributed by atoms with van der Waals surface area (Å²) >= 11 is 0. The summed E-state index contributed by atoms with van der Waals surface area (Å²) in [5.74, 6) is -0.105. The minimum atomic E-state index is -0.0744. The average Bonchev–Trinajstić information content (AvgIpc) is 3.58. The summed E-state index contributed by atoms with van der Waals surface area (Å²) in [6, 6.07) is 29.5. The first-order chi connectivity index (χ1) is 18.6. The van der Waals surface area contributed by atoms with Gasteiger partial charge in [0.05, 0.1) is 6.33 Å². The lowest BCUT2D eigenvalue weighted by Crippen LogP contribution is -2.30. The predicted molar refractivity (Wildman–Crippen MR) is 153 cm³/mol. The van der Waals surface area contributed by atoms with Crippen molar-refractivity contribution in [1.29, 1.82) is 0 Å². The van der Waals surface area contributed by atoms with Gasteiger partial charge in [-0.25, -0.2) is 4.98 Å². The number of imidazole rings is 1. The molecule has 0 bridgehead atoms. The van der Waals surface area contributed by atoms with Gasteiger partial charge in [-0.05, 0) is 37.7 Å². The molecule has 0 unspecified atom stereocenters. The number of para-hydroxylation sites is 1. The molecule has 5 aromatic rings. The van der Waals surface area contributed by atoms with Crippen LogP contribution in [0.4, 0.5) is 0 Å². The highest BCUT2D eigenvalue weighted by Gasteiger charge is 2.30. The number of carbonyl (C=O) groups excluding carboxylic acids is 1. The number of nitrogens with zero attached hydrogens (tertiary/aromatic N) is 4. The lowest BCUT2D eigenvalue weighted by atomic mass is 9.83. The van der Waals surface area contributed by atoms with Gasteiger partial charge in [-0.15, -0.1) is 0 Å². The Morgan fingerprint density at radius 3 is 2.18 bits per heavy atom. The van der Waals surface area contributed by atoms with Gasteiger partial charge < -0.3 is 19.4 Å². The van der Waals surface area contributed by atoms with Gasteiger partial charge in [0.15, 0.2) is 0 Å². The number of benzene rings is 3. The van der Waals surface area contributed by atoms with Crippen molar-refractivity contribution in [2.75, 3.05) is 27.2 Å². The zero-order chi connectivity index (χ0) is 26.3. The molecule has 6 heteroatoms. The number of likely N-dealkylation sites (N-methyl/N-ethyl adjacent to an activating group) is 1. The molecule has 0 saturated carbocycles. The van der Waals surface area contributed by atoms with Crippen LogP contribution in [-0.2, 0) is 13.1 Å². The third-order valence-corrected chi connectivity index (χ3v) is 6.99. The molecular weight excluding hydrogens is 470 g/mol. The van der Waals surface area contributed by atoms with Gasteiger partial charge in [-0.1, -0.05) is 78.9 Å². The van der Waals surface area contributed by atoms with E-state index in [0.717, 1.165) is 48.2 Å². The van der Waals surface area contributed by atoms with Gasteiger partial charge in [0.25, 0.3) is 5.91 Å². The van der Waals surface area contributed by atoms with Crippen LogP contribution in [0, 0.1) is 0 Å². The summed E-state index contributed by atoms with van der Waals surface area (Å²) in [5.41, 5.74) is 5.23. The summed E-state index contributed by atoms with van der Waals surface area (Å²) < 4.78 is 4.25. The molecule has 0 aliphatic rings. The molecule has 1 N–H and O–H groups in total. The fourth-order valence-electron chi connectivity index (χ4n) is 5.18. The lowest BCUT2D eigenvalue weighted by molar-refractivity contribution is 0.0942. The Kier molecular flexibility index (Phi) is 8.00. The Balaban J connectivity index is 1.62. The number of fused-ring (bicyclic) bond motifs is 1. The first-order valence-electron chi connectivity index (χ1n) is 13.2. The van der Waals surface area contributed by atoms with E-state index in [0.29, 0.717) is 6.54 Å². The normalized spacial score (nSPS) is 11.5. The highest BCUT2D eigenvalue weighted by atomic mass is 16.1. The van der Waals surface area contributed by atoms with Crippen molar-refractivity contribution >= 4 is 16.8 Å². The van der Waals surface area contributed by atoms with Crippen LogP contribution in [-0.4, -0.2) is 52.1 Å². The standard InChI is InChI=1S/C32H35N5O/c1-35(2)22-23-37-28-17-10-9-16-27(28)30(31(37)32(38)34-18-11-20-36-21-19-33-24-36)29(25-12-5-3-6-13-25)26-14-7-4-8-15-26/h3-10,12-17,19,21,24,29H,11,18,20,22-23H2,1-2H3,(H,34,38). The van der Waals surface area contributed by atoms with Gasteiger partial charge in [0, 0.05) is 61.0 Å². The number of hydrogen-bond donors (Lipinski definition) is 1. The number of rotatable bonds is 11. The maximum absolute atomic E-state index is 14.1. The van der Waals surface area contributed by atoms with E-state index >= 15 is 0 Å². The van der Waals surface area contributed by atoms with Crippen LogP contribution in [0.15, 0.2) is 104 Å². The topological polar surface area (TPSA) is 55.1 Å². The Morgan fingerprint density at radius 1 is 0.895 bits per heavy atom. The Morgan fingerprint density at radius 2 is 1.55 bits per heavy atom. The molecule has 5 rings (SSSR count). The van der Waals surface area contributed by atoms with Crippen molar-refractivity contribution in [2.24, 2.45) is 0 Å². The van der Waals surface area contributed by atoms with Gasteiger partial charge in [0.2, 0.25) is 0 Å². The van der Waals surface area contributed by atoms with E-state index in [4.69, 9.17) is 0 Å². The van der Waals surface area contributed by atoms with E-state index in [1.807, 2.05) is 29.2 Å². The number of carbonyl (C=O) groups is 1. The third-order valence-electron chi connectivity index (χ3n) is 6.99. The van der Waals surface area contributed by atoms with Crippen molar-refractivity contribution in [3.8, 4) is 0 Å². The second kappa shape index (κ2) is 11.9. The zero-order valence-corrected chi connectivity index (χ0v) is 22.1. The first kappa shape index (κ1) is 25.5. The third kappa shape index (κ3) is 5.55. The van der Waals surface area contributed by atoms with Crippen LogP contribution in [0.25, 0.3) is 10.9 Å². The molecule has 0 radical (unpaired) electrons. The van der Waals surface area contributed by atoms with Gasteiger partial charge in [-0.3, -0.25) is 4.79 Å². The highest BCUT2D eigenvalue weighted by molar-refractivity contribution is 6.02. The van der Waals surface area contributed by atoms with Crippen molar-refractivity contribution in [3.05, 3.63) is 126 Å². The molecule has 6 nitrogen and oxygen atoms in total. The second-order valence-electron chi connectivity index (χ2n) is 9.90. The summed E-state index contributed by atoms with van der Waals surface area (Å²) in [4.78, 5) is 20.3. The molecule has 0 fully saturated rings. The van der Waals surface area contributed by atoms with Crippen LogP contribution < -0.4 is 5.32 Å². The number of nitrogens with one attached hydrogen (secondary N) is 1. The quantitative estimate of drug-likeness (QED) is 0.245. The Hall–Kier alpha value is -4.16. The zero-order valence-electron chi connectivity index (χ0n) is 22.1. The average molecular weight is 506 g/mol. The van der Waals surface area contributed by atoms with Crippen LogP contribution in [0.2, 0.25) is 0 Å². The monoisotopic (exact) mass is 505 g/mol. The molecule has 0 saturated heterocycles. The summed E-state index contributed by atoms with van der Waals surface area (Å²) in [6.45, 7) is 2.96. The van der Waals surface area contributed by atoms with E-state index in [2.05, 4.69) is 107 Å². The van der Waals surface area contributed by atoms with E-state index in [9.17, 15) is 4.79 Å². The molecule has 0 aliphatic carbocycles. The fraction of sp³-hybridized carbons (Fsp3) is 0.250. The highest BCUT2D eigenvalue weighted by Crippen LogP contribution is 2.40. The maximum atomic E-state index is 14.1. The molecule has 2 heterocycles. The van der Waals surface area contributed by atoms with Crippen molar-refractivity contribution in [3.63, 3.8) is 0 Å². The molecular formula is C32H35N5O. The molecule has 194 valence electrons. The molecule has 38 heavy (non-hydrogen) atoms. The van der Waals surface area contributed by atoms with Gasteiger partial charge >= 0.3 is 0 Å². The van der Waals surface area contributed by atoms with Crippen LogP contribution >= 0.6 is 0 Å². The lowest BCUT2D eigenvalue weighted by Gasteiger charge is -2.21. The Bertz CT molecular complexity index is 1420. The van der Waals surface area contributed by atoms with Gasteiger partial charge in [0.1, 0.15) is 5.69 Å². The molecule has 0 spiro atoms. The van der Waals surface area contributed by atoms with Crippen LogP contribution in [0.5, 0.6) is 0 Å². The van der Waals surface area contributed by atoms with E-state index in [1.165, 1.54) is 11.1 Å². The molecule has 0 atom stereocenters. The van der Waals surface area contributed by atoms with Crippen LogP contribution in [0.3, 0.4) is 0 Å².